The molecule has 0 saturated carbocycles. The highest BCUT2D eigenvalue weighted by Crippen LogP contribution is 2.30. The van der Waals surface area contributed by atoms with Crippen LogP contribution in [0.15, 0.2) is 90.0 Å². The van der Waals surface area contributed by atoms with Crippen LogP contribution in [-0.2, 0) is 20.0 Å². The molecular formula is C25H19ClN4O4S. The van der Waals surface area contributed by atoms with Crippen LogP contribution in [0.3, 0.4) is 0 Å². The fourth-order valence-electron chi connectivity index (χ4n) is 3.60. The van der Waals surface area contributed by atoms with Gasteiger partial charge in [-0.25, -0.2) is 5.43 Å². The number of hydrazone groups is 1. The van der Waals surface area contributed by atoms with Crippen LogP contribution in [0, 0.1) is 5.92 Å². The number of hydrogen-bond donors (Lipinski definition) is 3. The molecule has 1 heterocycles. The Morgan fingerprint density at radius 1 is 1.00 bits per heavy atom. The normalized spacial score (nSPS) is 16.3. The third kappa shape index (κ3) is 4.83. The summed E-state index contributed by atoms with van der Waals surface area (Å²) in [5.74, 6) is -3.57. The highest BCUT2D eigenvalue weighted by atomic mass is 35.5. The SMILES string of the molecule is O=C1NC(=S)N(c2ccc(Cl)cc2)C(=O)[C@H]1/C=N\NC(=O)C(O)(c1ccccc1)c1ccccc1. The Morgan fingerprint density at radius 3 is 2.09 bits per heavy atom. The van der Waals surface area contributed by atoms with E-state index in [0.29, 0.717) is 21.8 Å². The summed E-state index contributed by atoms with van der Waals surface area (Å²) >= 11 is 11.1. The molecule has 10 heteroatoms. The maximum absolute atomic E-state index is 13.1. The molecule has 3 amide bonds. The molecule has 1 aliphatic rings. The van der Waals surface area contributed by atoms with Gasteiger partial charge < -0.3 is 10.4 Å². The van der Waals surface area contributed by atoms with Gasteiger partial charge in [0.2, 0.25) is 5.91 Å². The molecule has 0 aliphatic carbocycles. The highest BCUT2D eigenvalue weighted by Gasteiger charge is 2.41. The van der Waals surface area contributed by atoms with E-state index in [0.717, 1.165) is 11.1 Å². The number of thiocarbonyl (C=S) groups is 1. The molecule has 176 valence electrons. The van der Waals surface area contributed by atoms with E-state index >= 15 is 0 Å². The molecule has 0 spiro atoms. The summed E-state index contributed by atoms with van der Waals surface area (Å²) in [5.41, 5.74) is 1.26. The average Bonchev–Trinajstić information content (AvgIpc) is 2.87. The maximum atomic E-state index is 13.1. The number of nitrogens with one attached hydrogen (secondary N) is 2. The lowest BCUT2D eigenvalue weighted by Gasteiger charge is -2.31. The lowest BCUT2D eigenvalue weighted by molar-refractivity contribution is -0.137. The second-order valence-corrected chi connectivity index (χ2v) is 8.41. The Kier molecular flexibility index (Phi) is 7.02. The zero-order chi connectivity index (χ0) is 25.0. The van der Waals surface area contributed by atoms with Crippen molar-refractivity contribution in [3.05, 3.63) is 101 Å². The average molecular weight is 507 g/mol. The number of anilines is 1. The van der Waals surface area contributed by atoms with Crippen LogP contribution in [0.4, 0.5) is 5.69 Å². The molecule has 35 heavy (non-hydrogen) atoms. The number of halogens is 1. The summed E-state index contributed by atoms with van der Waals surface area (Å²) in [6.07, 6.45) is 0.997. The van der Waals surface area contributed by atoms with Crippen molar-refractivity contribution in [2.75, 3.05) is 4.90 Å². The highest BCUT2D eigenvalue weighted by molar-refractivity contribution is 7.80. The monoisotopic (exact) mass is 506 g/mol. The first-order valence-corrected chi connectivity index (χ1v) is 11.2. The van der Waals surface area contributed by atoms with Gasteiger partial charge in [0.1, 0.15) is 0 Å². The van der Waals surface area contributed by atoms with Gasteiger partial charge in [-0.3, -0.25) is 19.3 Å². The van der Waals surface area contributed by atoms with E-state index in [1.165, 1.54) is 0 Å². The molecule has 0 unspecified atom stereocenters. The van der Waals surface area contributed by atoms with Gasteiger partial charge in [0.25, 0.3) is 11.8 Å². The Bertz CT molecular complexity index is 1260. The van der Waals surface area contributed by atoms with Gasteiger partial charge in [0, 0.05) is 11.2 Å². The van der Waals surface area contributed by atoms with Crippen LogP contribution < -0.4 is 15.6 Å². The molecule has 0 bridgehead atoms. The minimum Gasteiger partial charge on any atom is -0.372 e. The van der Waals surface area contributed by atoms with Crippen LogP contribution in [0.1, 0.15) is 11.1 Å². The molecule has 1 atom stereocenters. The fourth-order valence-corrected chi connectivity index (χ4v) is 4.02. The molecular weight excluding hydrogens is 488 g/mol. The molecule has 3 aromatic carbocycles. The summed E-state index contributed by atoms with van der Waals surface area (Å²) in [7, 11) is 0. The third-order valence-electron chi connectivity index (χ3n) is 5.39. The number of benzene rings is 3. The zero-order valence-electron chi connectivity index (χ0n) is 18.1. The van der Waals surface area contributed by atoms with Gasteiger partial charge in [-0.15, -0.1) is 0 Å². The molecule has 1 aliphatic heterocycles. The first-order valence-electron chi connectivity index (χ1n) is 10.4. The van der Waals surface area contributed by atoms with Gasteiger partial charge in [-0.05, 0) is 47.6 Å². The van der Waals surface area contributed by atoms with E-state index in [1.54, 1.807) is 84.9 Å². The van der Waals surface area contributed by atoms with Gasteiger partial charge in [0.15, 0.2) is 16.6 Å². The first-order chi connectivity index (χ1) is 16.8. The largest absolute Gasteiger partial charge is 0.372 e. The van der Waals surface area contributed by atoms with Crippen molar-refractivity contribution in [1.29, 1.82) is 0 Å². The van der Waals surface area contributed by atoms with E-state index in [2.05, 4.69) is 15.8 Å². The molecule has 0 radical (unpaired) electrons. The predicted molar refractivity (Wildman–Crippen MR) is 136 cm³/mol. The van der Waals surface area contributed by atoms with Gasteiger partial charge in [0.05, 0.1) is 5.69 Å². The molecule has 0 aromatic heterocycles. The number of aliphatic hydroxyl groups is 1. The van der Waals surface area contributed by atoms with Gasteiger partial charge in [-0.1, -0.05) is 72.3 Å². The lowest BCUT2D eigenvalue weighted by atomic mass is 9.85. The predicted octanol–water partition coefficient (Wildman–Crippen LogP) is 2.74. The third-order valence-corrected chi connectivity index (χ3v) is 5.93. The minimum atomic E-state index is -2.06. The first kappa shape index (κ1) is 24.2. The quantitative estimate of drug-likeness (QED) is 0.206. The van der Waals surface area contributed by atoms with Crippen LogP contribution in [0.5, 0.6) is 0 Å². The van der Waals surface area contributed by atoms with Gasteiger partial charge in [-0.2, -0.15) is 5.10 Å². The molecule has 4 rings (SSSR count). The van der Waals surface area contributed by atoms with Crippen molar-refractivity contribution in [2.24, 2.45) is 11.0 Å². The maximum Gasteiger partial charge on any atom is 0.281 e. The van der Waals surface area contributed by atoms with Crippen LogP contribution >= 0.6 is 23.8 Å². The van der Waals surface area contributed by atoms with Gasteiger partial charge >= 0.3 is 0 Å². The Morgan fingerprint density at radius 2 is 1.54 bits per heavy atom. The molecule has 1 saturated heterocycles. The second-order valence-electron chi connectivity index (χ2n) is 7.58. The van der Waals surface area contributed by atoms with E-state index in [9.17, 15) is 19.5 Å². The summed E-state index contributed by atoms with van der Waals surface area (Å²) < 4.78 is 0. The number of rotatable bonds is 6. The fraction of sp³-hybridized carbons (Fsp3) is 0.0800. The van der Waals surface area contributed by atoms with Crippen molar-refractivity contribution in [1.82, 2.24) is 10.7 Å². The number of amides is 3. The zero-order valence-corrected chi connectivity index (χ0v) is 19.7. The lowest BCUT2D eigenvalue weighted by Crippen LogP contribution is -2.58. The van der Waals surface area contributed by atoms with E-state index in [1.807, 2.05) is 0 Å². The van der Waals surface area contributed by atoms with Crippen molar-refractivity contribution in [2.45, 2.75) is 5.60 Å². The van der Waals surface area contributed by atoms with Crippen LogP contribution in [0.2, 0.25) is 5.02 Å². The second kappa shape index (κ2) is 10.1. The summed E-state index contributed by atoms with van der Waals surface area (Å²) in [4.78, 5) is 39.8. The summed E-state index contributed by atoms with van der Waals surface area (Å²) in [5, 5.41) is 18.1. The van der Waals surface area contributed by atoms with Crippen LogP contribution in [0.25, 0.3) is 0 Å². The number of nitrogens with zero attached hydrogens (tertiary/aromatic N) is 2. The molecule has 3 aromatic rings. The minimum absolute atomic E-state index is 0.0847. The standard InChI is InChI=1S/C25H19ClN4O4S/c26-18-11-13-19(14-12-18)30-22(32)20(21(31)28-24(30)35)15-27-29-23(33)25(34,16-7-3-1-4-8-16)17-9-5-2-6-10-17/h1-15,20,34H,(H,29,33)(H,28,31,35)/b27-15-/t20-/m0/s1. The number of carbonyl (C=O) groups excluding carboxylic acids is 3. The Hall–Kier alpha value is -3.92. The van der Waals surface area contributed by atoms with Crippen molar-refractivity contribution in [3.8, 4) is 0 Å². The van der Waals surface area contributed by atoms with Crippen LogP contribution in [-0.4, -0.2) is 34.2 Å². The topological polar surface area (TPSA) is 111 Å². The van der Waals surface area contributed by atoms with Crippen molar-refractivity contribution >= 4 is 58.6 Å². The number of hydrogen-bond acceptors (Lipinski definition) is 6. The van der Waals surface area contributed by atoms with E-state index < -0.39 is 29.2 Å². The van der Waals surface area contributed by atoms with Crippen molar-refractivity contribution in [3.63, 3.8) is 0 Å². The molecule has 8 nitrogen and oxygen atoms in total. The van der Waals surface area contributed by atoms with E-state index in [-0.39, 0.29) is 5.11 Å². The smallest absolute Gasteiger partial charge is 0.281 e. The number of carbonyl (C=O) groups is 3. The molecule has 1 fully saturated rings. The van der Waals surface area contributed by atoms with Crippen molar-refractivity contribution < 1.29 is 19.5 Å². The molecule has 3 N–H and O–H groups in total. The summed E-state index contributed by atoms with van der Waals surface area (Å²) in [6.45, 7) is 0. The van der Waals surface area contributed by atoms with E-state index in [4.69, 9.17) is 23.8 Å². The Labute approximate surface area is 211 Å². The Balaban J connectivity index is 1.57. The summed E-state index contributed by atoms with van der Waals surface area (Å²) in [6, 6.07) is 23.1.